The molecule has 3 N–H and O–H groups in total. The van der Waals surface area contributed by atoms with Crippen LogP contribution in [0.15, 0.2) is 30.3 Å². The summed E-state index contributed by atoms with van der Waals surface area (Å²) in [7, 11) is 0. The van der Waals surface area contributed by atoms with Crippen LogP contribution < -0.4 is 11.1 Å². The lowest BCUT2D eigenvalue weighted by Crippen LogP contribution is -2.15. The number of hydrogen-bond donors (Lipinski definition) is 2. The third-order valence-electron chi connectivity index (χ3n) is 2.99. The molecular formula is C15H14ClFN2O. The topological polar surface area (TPSA) is 55.1 Å². The summed E-state index contributed by atoms with van der Waals surface area (Å²) >= 11 is 5.67. The van der Waals surface area contributed by atoms with Crippen molar-refractivity contribution in [2.45, 2.75) is 13.8 Å². The molecule has 0 saturated carbocycles. The Hall–Kier alpha value is -2.07. The first-order valence-electron chi connectivity index (χ1n) is 6.02. The minimum absolute atomic E-state index is 0.0802. The van der Waals surface area contributed by atoms with E-state index in [1.165, 1.54) is 18.2 Å². The SMILES string of the molecule is Cc1cc(N)cc(C)c1NC(=O)c1cccc(Cl)c1F. The Kier molecular flexibility index (Phi) is 3.95. The van der Waals surface area contributed by atoms with Crippen molar-refractivity contribution >= 4 is 28.9 Å². The van der Waals surface area contributed by atoms with Crippen LogP contribution in [-0.2, 0) is 0 Å². The van der Waals surface area contributed by atoms with Gasteiger partial charge in [0.1, 0.15) is 0 Å². The first-order valence-corrected chi connectivity index (χ1v) is 6.40. The molecule has 0 aliphatic rings. The summed E-state index contributed by atoms with van der Waals surface area (Å²) < 4.78 is 13.8. The van der Waals surface area contributed by atoms with Gasteiger partial charge < -0.3 is 11.1 Å². The van der Waals surface area contributed by atoms with E-state index in [0.29, 0.717) is 11.4 Å². The van der Waals surface area contributed by atoms with E-state index in [0.717, 1.165) is 11.1 Å². The Bertz CT molecular complexity index is 663. The highest BCUT2D eigenvalue weighted by atomic mass is 35.5. The van der Waals surface area contributed by atoms with Gasteiger partial charge in [-0.25, -0.2) is 4.39 Å². The highest BCUT2D eigenvalue weighted by Gasteiger charge is 2.16. The number of hydrogen-bond acceptors (Lipinski definition) is 2. The molecule has 0 aliphatic carbocycles. The van der Waals surface area contributed by atoms with Crippen molar-refractivity contribution in [1.29, 1.82) is 0 Å². The van der Waals surface area contributed by atoms with Gasteiger partial charge in [0.2, 0.25) is 0 Å². The Balaban J connectivity index is 2.36. The number of rotatable bonds is 2. The Morgan fingerprint density at radius 2 is 1.85 bits per heavy atom. The molecule has 0 aromatic heterocycles. The number of carbonyl (C=O) groups is 1. The van der Waals surface area contributed by atoms with Crippen molar-refractivity contribution in [2.75, 3.05) is 11.1 Å². The van der Waals surface area contributed by atoms with Gasteiger partial charge in [-0.3, -0.25) is 4.79 Å². The summed E-state index contributed by atoms with van der Waals surface area (Å²) in [6.07, 6.45) is 0. The van der Waals surface area contributed by atoms with E-state index in [1.807, 2.05) is 13.8 Å². The number of nitrogens with two attached hydrogens (primary N) is 1. The fraction of sp³-hybridized carbons (Fsp3) is 0.133. The number of halogens is 2. The van der Waals surface area contributed by atoms with Crippen molar-refractivity contribution in [3.63, 3.8) is 0 Å². The molecule has 0 unspecified atom stereocenters. The molecule has 0 spiro atoms. The fourth-order valence-corrected chi connectivity index (χ4v) is 2.23. The molecule has 0 radical (unpaired) electrons. The molecule has 0 bridgehead atoms. The molecule has 0 fully saturated rings. The second-order valence-electron chi connectivity index (χ2n) is 4.59. The maximum atomic E-state index is 13.8. The highest BCUT2D eigenvalue weighted by molar-refractivity contribution is 6.31. The molecule has 0 saturated heterocycles. The van der Waals surface area contributed by atoms with Gasteiger partial charge >= 0.3 is 0 Å². The van der Waals surface area contributed by atoms with Crippen LogP contribution in [0.5, 0.6) is 0 Å². The van der Waals surface area contributed by atoms with E-state index in [4.69, 9.17) is 17.3 Å². The van der Waals surface area contributed by atoms with E-state index < -0.39 is 11.7 Å². The van der Waals surface area contributed by atoms with Gasteiger partial charge in [-0.15, -0.1) is 0 Å². The van der Waals surface area contributed by atoms with Crippen LogP contribution in [0.1, 0.15) is 21.5 Å². The van der Waals surface area contributed by atoms with Gasteiger partial charge in [0.15, 0.2) is 5.82 Å². The average molecular weight is 293 g/mol. The molecular weight excluding hydrogens is 279 g/mol. The summed E-state index contributed by atoms with van der Waals surface area (Å²) in [4.78, 5) is 12.1. The summed E-state index contributed by atoms with van der Waals surface area (Å²) in [6, 6.07) is 7.81. The minimum atomic E-state index is -0.725. The van der Waals surface area contributed by atoms with Crippen molar-refractivity contribution in [1.82, 2.24) is 0 Å². The smallest absolute Gasteiger partial charge is 0.258 e. The van der Waals surface area contributed by atoms with E-state index in [-0.39, 0.29) is 10.6 Å². The monoisotopic (exact) mass is 292 g/mol. The summed E-state index contributed by atoms with van der Waals surface area (Å²) in [5, 5.41) is 2.62. The zero-order valence-electron chi connectivity index (χ0n) is 11.1. The molecule has 2 rings (SSSR count). The van der Waals surface area contributed by atoms with Crippen molar-refractivity contribution in [3.05, 3.63) is 57.9 Å². The largest absolute Gasteiger partial charge is 0.399 e. The van der Waals surface area contributed by atoms with Crippen molar-refractivity contribution in [3.8, 4) is 0 Å². The minimum Gasteiger partial charge on any atom is -0.399 e. The maximum Gasteiger partial charge on any atom is 0.258 e. The predicted molar refractivity (Wildman–Crippen MR) is 79.7 cm³/mol. The molecule has 5 heteroatoms. The van der Waals surface area contributed by atoms with Crippen LogP contribution in [0.3, 0.4) is 0 Å². The Morgan fingerprint density at radius 1 is 1.25 bits per heavy atom. The van der Waals surface area contributed by atoms with Crippen LogP contribution >= 0.6 is 11.6 Å². The number of nitrogens with one attached hydrogen (secondary N) is 1. The Labute approximate surface area is 121 Å². The second-order valence-corrected chi connectivity index (χ2v) is 4.99. The van der Waals surface area contributed by atoms with E-state index in [2.05, 4.69) is 5.32 Å². The van der Waals surface area contributed by atoms with Crippen molar-refractivity contribution < 1.29 is 9.18 Å². The molecule has 2 aromatic carbocycles. The van der Waals surface area contributed by atoms with Crippen LogP contribution in [0, 0.1) is 19.7 Å². The summed E-state index contributed by atoms with van der Waals surface area (Å²) in [6.45, 7) is 3.65. The first-order chi connectivity index (χ1) is 9.40. The molecule has 0 atom stereocenters. The lowest BCUT2D eigenvalue weighted by atomic mass is 10.1. The third kappa shape index (κ3) is 2.75. The van der Waals surface area contributed by atoms with E-state index >= 15 is 0 Å². The third-order valence-corrected chi connectivity index (χ3v) is 3.28. The predicted octanol–water partition coefficient (Wildman–Crippen LogP) is 3.93. The zero-order chi connectivity index (χ0) is 14.9. The number of nitrogen functional groups attached to an aromatic ring is 1. The normalized spacial score (nSPS) is 10.4. The van der Waals surface area contributed by atoms with Crippen LogP contribution in [0.2, 0.25) is 5.02 Å². The van der Waals surface area contributed by atoms with Gasteiger partial charge in [0, 0.05) is 11.4 Å². The van der Waals surface area contributed by atoms with E-state index in [1.54, 1.807) is 12.1 Å². The maximum absolute atomic E-state index is 13.8. The second kappa shape index (κ2) is 5.51. The number of carbonyl (C=O) groups excluding carboxylic acids is 1. The van der Waals surface area contributed by atoms with Gasteiger partial charge in [-0.05, 0) is 49.2 Å². The van der Waals surface area contributed by atoms with E-state index in [9.17, 15) is 9.18 Å². The fourth-order valence-electron chi connectivity index (χ4n) is 2.05. The standard InChI is InChI=1S/C15H14ClFN2O/c1-8-6-10(18)7-9(2)14(8)19-15(20)11-4-3-5-12(16)13(11)17/h3-7H,18H2,1-2H3,(H,19,20). The van der Waals surface area contributed by atoms with Gasteiger partial charge in [-0.1, -0.05) is 17.7 Å². The molecule has 0 heterocycles. The lowest BCUT2D eigenvalue weighted by Gasteiger charge is -2.13. The number of amides is 1. The van der Waals surface area contributed by atoms with Gasteiger partial charge in [0.25, 0.3) is 5.91 Å². The summed E-state index contributed by atoms with van der Waals surface area (Å²) in [5.41, 5.74) is 8.52. The van der Waals surface area contributed by atoms with Crippen LogP contribution in [-0.4, -0.2) is 5.91 Å². The number of aryl methyl sites for hydroxylation is 2. The molecule has 20 heavy (non-hydrogen) atoms. The lowest BCUT2D eigenvalue weighted by molar-refractivity contribution is 0.102. The Morgan fingerprint density at radius 3 is 2.45 bits per heavy atom. The molecule has 0 aliphatic heterocycles. The molecule has 3 nitrogen and oxygen atoms in total. The molecule has 1 amide bonds. The van der Waals surface area contributed by atoms with Gasteiger partial charge in [0.05, 0.1) is 10.6 Å². The van der Waals surface area contributed by atoms with Crippen LogP contribution in [0.25, 0.3) is 0 Å². The average Bonchev–Trinajstić information content (AvgIpc) is 2.36. The van der Waals surface area contributed by atoms with Gasteiger partial charge in [-0.2, -0.15) is 0 Å². The summed E-state index contributed by atoms with van der Waals surface area (Å²) in [5.74, 6) is -1.27. The number of benzene rings is 2. The first kappa shape index (κ1) is 14.3. The highest BCUT2D eigenvalue weighted by Crippen LogP contribution is 2.25. The number of anilines is 2. The quantitative estimate of drug-likeness (QED) is 0.824. The molecule has 104 valence electrons. The zero-order valence-corrected chi connectivity index (χ0v) is 11.9. The molecule has 2 aromatic rings. The van der Waals surface area contributed by atoms with Crippen LogP contribution in [0.4, 0.5) is 15.8 Å². The van der Waals surface area contributed by atoms with Crippen molar-refractivity contribution in [2.24, 2.45) is 0 Å².